The molecule has 0 bridgehead atoms. The largest absolute Gasteiger partial charge is 0.364 e. The van der Waals surface area contributed by atoms with Gasteiger partial charge in [0.15, 0.2) is 0 Å². The molecule has 0 atom stereocenters. The molecule has 2 aromatic carbocycles. The zero-order chi connectivity index (χ0) is 20.2. The molecule has 4 rings (SSSR count). The molecule has 29 heavy (non-hydrogen) atoms. The Labute approximate surface area is 172 Å². The van der Waals surface area contributed by atoms with Crippen LogP contribution < -0.4 is 15.1 Å². The van der Waals surface area contributed by atoms with E-state index < -0.39 is 0 Å². The lowest BCUT2D eigenvalue weighted by atomic mass is 9.97. The van der Waals surface area contributed by atoms with E-state index >= 15 is 0 Å². The molecule has 5 nitrogen and oxygen atoms in total. The lowest BCUT2D eigenvalue weighted by Gasteiger charge is -2.38. The van der Waals surface area contributed by atoms with Crippen molar-refractivity contribution in [2.45, 2.75) is 19.4 Å². The Morgan fingerprint density at radius 2 is 1.69 bits per heavy atom. The Bertz CT molecular complexity index is 850. The van der Waals surface area contributed by atoms with Crippen molar-refractivity contribution in [3.05, 3.63) is 59.9 Å². The van der Waals surface area contributed by atoms with E-state index in [1.807, 2.05) is 41.3 Å². The van der Waals surface area contributed by atoms with E-state index in [2.05, 4.69) is 22.2 Å². The van der Waals surface area contributed by atoms with Gasteiger partial charge in [-0.3, -0.25) is 4.90 Å². The third kappa shape index (κ3) is 4.53. The Hall–Kier alpha value is -2.60. The normalized spacial score (nSPS) is 17.9. The number of benzene rings is 2. The Morgan fingerprint density at radius 3 is 2.45 bits per heavy atom. The predicted octanol–water partition coefficient (Wildman–Crippen LogP) is 3.70. The molecule has 2 aliphatic rings. The highest BCUT2D eigenvalue weighted by Gasteiger charge is 2.27. The Kier molecular flexibility index (Phi) is 6.00. The molecule has 2 heterocycles. The second kappa shape index (κ2) is 8.82. The van der Waals surface area contributed by atoms with E-state index in [-0.39, 0.29) is 11.8 Å². The summed E-state index contributed by atoms with van der Waals surface area (Å²) < 4.78 is 14.1. The maximum Gasteiger partial charge on any atom is 0.322 e. The predicted molar refractivity (Wildman–Crippen MR) is 115 cm³/mol. The fraction of sp³-hybridized carbons (Fsp3) is 0.435. The van der Waals surface area contributed by atoms with Crippen LogP contribution in [0, 0.1) is 11.7 Å². The lowest BCUT2D eigenvalue weighted by Crippen LogP contribution is -2.49. The average Bonchev–Trinajstić information content (AvgIpc) is 2.75. The number of likely N-dealkylation sites (tertiary alicyclic amines) is 1. The van der Waals surface area contributed by atoms with E-state index in [0.29, 0.717) is 31.1 Å². The Balaban J connectivity index is 1.43. The number of rotatable bonds is 4. The van der Waals surface area contributed by atoms with Crippen LogP contribution in [0.5, 0.6) is 0 Å². The number of nitrogens with zero attached hydrogens (tertiary/aromatic N) is 3. The number of carbonyl (C=O) groups excluding carboxylic acids is 1. The van der Waals surface area contributed by atoms with Gasteiger partial charge in [-0.25, -0.2) is 9.18 Å². The number of hydrogen-bond acceptors (Lipinski definition) is 3. The molecule has 154 valence electrons. The van der Waals surface area contributed by atoms with Gasteiger partial charge in [0.2, 0.25) is 0 Å². The number of amides is 2. The van der Waals surface area contributed by atoms with Crippen LogP contribution in [0.25, 0.3) is 0 Å². The number of hydrogen-bond donors (Lipinski definition) is 1. The molecule has 6 heteroatoms. The summed E-state index contributed by atoms with van der Waals surface area (Å²) >= 11 is 0. The zero-order valence-electron chi connectivity index (χ0n) is 17.0. The van der Waals surface area contributed by atoms with E-state index in [0.717, 1.165) is 43.9 Å². The third-order valence-electron chi connectivity index (χ3n) is 6.05. The molecule has 0 spiro atoms. The number of nitrogens with one attached hydrogen (secondary N) is 1. The maximum atomic E-state index is 14.1. The van der Waals surface area contributed by atoms with Gasteiger partial charge in [-0.15, -0.1) is 0 Å². The molecule has 0 radical (unpaired) electrons. The molecule has 0 aliphatic carbocycles. The molecule has 1 fully saturated rings. The summed E-state index contributed by atoms with van der Waals surface area (Å²) in [5.41, 5.74) is 2.52. The molecule has 1 N–H and O–H groups in total. The van der Waals surface area contributed by atoms with Gasteiger partial charge in [-0.2, -0.15) is 0 Å². The van der Waals surface area contributed by atoms with E-state index in [9.17, 15) is 9.18 Å². The first-order valence-corrected chi connectivity index (χ1v) is 10.4. The SMILES string of the molecule is CN1CCC(CNC(=O)N2CCN(Cc3ccccc3F)c3ccccc32)CC1. The molecule has 2 amide bonds. The van der Waals surface area contributed by atoms with Crippen LogP contribution in [0.2, 0.25) is 0 Å². The molecule has 0 saturated carbocycles. The summed E-state index contributed by atoms with van der Waals surface area (Å²) in [6, 6.07) is 14.7. The van der Waals surface area contributed by atoms with Crippen LogP contribution >= 0.6 is 0 Å². The molecule has 0 aromatic heterocycles. The summed E-state index contributed by atoms with van der Waals surface area (Å²) in [6.07, 6.45) is 2.26. The second-order valence-corrected chi connectivity index (χ2v) is 8.09. The number of carbonyl (C=O) groups is 1. The fourth-order valence-electron chi connectivity index (χ4n) is 4.22. The van der Waals surface area contributed by atoms with Crippen LogP contribution in [0.15, 0.2) is 48.5 Å². The van der Waals surface area contributed by atoms with Crippen molar-refractivity contribution < 1.29 is 9.18 Å². The Morgan fingerprint density at radius 1 is 1.00 bits per heavy atom. The topological polar surface area (TPSA) is 38.8 Å². The molecule has 2 aromatic rings. The summed E-state index contributed by atoms with van der Waals surface area (Å²) in [5, 5.41) is 3.14. The van der Waals surface area contributed by atoms with Crippen LogP contribution in [0.1, 0.15) is 18.4 Å². The van der Waals surface area contributed by atoms with Gasteiger partial charge >= 0.3 is 6.03 Å². The van der Waals surface area contributed by atoms with Gasteiger partial charge in [0.05, 0.1) is 11.4 Å². The van der Waals surface area contributed by atoms with Crippen molar-refractivity contribution in [3.8, 4) is 0 Å². The molecular weight excluding hydrogens is 367 g/mol. The molecule has 0 unspecified atom stereocenters. The monoisotopic (exact) mass is 396 g/mol. The van der Waals surface area contributed by atoms with E-state index in [1.54, 1.807) is 6.07 Å². The molecule has 2 aliphatic heterocycles. The van der Waals surface area contributed by atoms with Crippen molar-refractivity contribution in [2.24, 2.45) is 5.92 Å². The summed E-state index contributed by atoms with van der Waals surface area (Å²) in [7, 11) is 2.15. The quantitative estimate of drug-likeness (QED) is 0.856. The van der Waals surface area contributed by atoms with Gasteiger partial charge in [-0.05, 0) is 57.1 Å². The van der Waals surface area contributed by atoms with Crippen molar-refractivity contribution in [1.29, 1.82) is 0 Å². The number of piperidine rings is 1. The number of fused-ring (bicyclic) bond motifs is 1. The van der Waals surface area contributed by atoms with Crippen molar-refractivity contribution in [2.75, 3.05) is 49.6 Å². The van der Waals surface area contributed by atoms with Gasteiger partial charge in [-0.1, -0.05) is 30.3 Å². The minimum atomic E-state index is -0.191. The minimum absolute atomic E-state index is 0.0399. The summed E-state index contributed by atoms with van der Waals surface area (Å²) in [5.74, 6) is 0.357. The number of anilines is 2. The van der Waals surface area contributed by atoms with Crippen LogP contribution in [0.4, 0.5) is 20.6 Å². The lowest BCUT2D eigenvalue weighted by molar-refractivity contribution is 0.211. The maximum absolute atomic E-state index is 14.1. The van der Waals surface area contributed by atoms with Gasteiger partial charge < -0.3 is 15.1 Å². The van der Waals surface area contributed by atoms with Crippen molar-refractivity contribution in [1.82, 2.24) is 10.2 Å². The number of para-hydroxylation sites is 2. The molecule has 1 saturated heterocycles. The van der Waals surface area contributed by atoms with Gasteiger partial charge in [0.1, 0.15) is 5.82 Å². The minimum Gasteiger partial charge on any atom is -0.364 e. The van der Waals surface area contributed by atoms with Crippen molar-refractivity contribution >= 4 is 17.4 Å². The number of urea groups is 1. The summed E-state index contributed by atoms with van der Waals surface area (Å²) in [6.45, 7) is 4.67. The van der Waals surface area contributed by atoms with Gasteiger partial charge in [0, 0.05) is 31.7 Å². The highest BCUT2D eigenvalue weighted by molar-refractivity contribution is 5.96. The fourth-order valence-corrected chi connectivity index (χ4v) is 4.22. The smallest absolute Gasteiger partial charge is 0.322 e. The standard InChI is InChI=1S/C23H29FN4O/c1-26-12-10-18(11-13-26)16-25-23(29)28-15-14-27(21-8-4-5-9-22(21)28)17-19-6-2-3-7-20(19)24/h2-9,18H,10-17H2,1H3,(H,25,29). The first-order chi connectivity index (χ1) is 14.1. The highest BCUT2D eigenvalue weighted by Crippen LogP contribution is 2.34. The van der Waals surface area contributed by atoms with E-state index in [1.165, 1.54) is 6.07 Å². The third-order valence-corrected chi connectivity index (χ3v) is 6.05. The van der Waals surface area contributed by atoms with Crippen LogP contribution in [-0.2, 0) is 6.54 Å². The first kappa shape index (κ1) is 19.7. The first-order valence-electron chi connectivity index (χ1n) is 10.4. The second-order valence-electron chi connectivity index (χ2n) is 8.09. The van der Waals surface area contributed by atoms with E-state index in [4.69, 9.17) is 0 Å². The molecular formula is C23H29FN4O. The highest BCUT2D eigenvalue weighted by atomic mass is 19.1. The zero-order valence-corrected chi connectivity index (χ0v) is 17.0. The average molecular weight is 397 g/mol. The summed E-state index contributed by atoms with van der Waals surface area (Å²) in [4.78, 5) is 19.2. The number of halogens is 1. The van der Waals surface area contributed by atoms with Crippen molar-refractivity contribution in [3.63, 3.8) is 0 Å². The van der Waals surface area contributed by atoms with Crippen LogP contribution in [0.3, 0.4) is 0 Å². The van der Waals surface area contributed by atoms with Gasteiger partial charge in [0.25, 0.3) is 0 Å². The van der Waals surface area contributed by atoms with Crippen LogP contribution in [-0.4, -0.2) is 50.7 Å².